The third-order valence-electron chi connectivity index (χ3n) is 7.66. The maximum Gasteiger partial charge on any atom is 0.114 e. The van der Waals surface area contributed by atoms with Crippen LogP contribution in [0.15, 0.2) is 175 Å². The van der Waals surface area contributed by atoms with Gasteiger partial charge in [0.15, 0.2) is 0 Å². The van der Waals surface area contributed by atoms with E-state index in [0.717, 1.165) is 33.6 Å². The van der Waals surface area contributed by atoms with Crippen LogP contribution in [0, 0.1) is 13.8 Å². The first-order valence-electron chi connectivity index (χ1n) is 14.9. The Kier molecular flexibility index (Phi) is 8.80. The van der Waals surface area contributed by atoms with Gasteiger partial charge in [0.05, 0.1) is 12.0 Å². The first kappa shape index (κ1) is 28.5. The van der Waals surface area contributed by atoms with Crippen molar-refractivity contribution in [1.29, 1.82) is 0 Å². The van der Waals surface area contributed by atoms with Crippen LogP contribution in [0.4, 0.5) is 11.4 Å². The van der Waals surface area contributed by atoms with Crippen LogP contribution in [0.1, 0.15) is 38.9 Å². The Labute approximate surface area is 260 Å². The summed E-state index contributed by atoms with van der Waals surface area (Å²) in [6, 6.07) is 49.1. The number of allylic oxidation sites excluding steroid dienone is 2. The van der Waals surface area contributed by atoms with E-state index in [0.29, 0.717) is 0 Å². The molecule has 214 valence electrons. The fourth-order valence-electron chi connectivity index (χ4n) is 5.20. The Balaban J connectivity index is 1.32. The molecule has 0 radical (unpaired) electrons. The molecule has 0 bridgehead atoms. The van der Waals surface area contributed by atoms with Crippen LogP contribution in [-0.4, -0.2) is 0 Å². The Morgan fingerprint density at radius 2 is 1.05 bits per heavy atom. The molecule has 0 atom stereocenters. The molecular formula is C42H35NO. The maximum absolute atomic E-state index is 5.51. The summed E-state index contributed by atoms with van der Waals surface area (Å²) in [6.45, 7) is 4.24. The van der Waals surface area contributed by atoms with Crippen LogP contribution < -0.4 is 4.90 Å². The molecule has 0 aliphatic rings. The van der Waals surface area contributed by atoms with E-state index >= 15 is 0 Å². The summed E-state index contributed by atoms with van der Waals surface area (Å²) in [5.41, 5.74) is 12.7. The number of rotatable bonds is 9. The van der Waals surface area contributed by atoms with E-state index in [1.165, 1.54) is 27.8 Å². The summed E-state index contributed by atoms with van der Waals surface area (Å²) in [4.78, 5) is 2.18. The smallest absolute Gasteiger partial charge is 0.114 e. The molecule has 2 nitrogen and oxygen atoms in total. The van der Waals surface area contributed by atoms with Crippen molar-refractivity contribution in [1.82, 2.24) is 0 Å². The lowest BCUT2D eigenvalue weighted by Crippen LogP contribution is -2.09. The summed E-state index contributed by atoms with van der Waals surface area (Å²) in [5, 5.41) is 0. The van der Waals surface area contributed by atoms with Crippen molar-refractivity contribution >= 4 is 28.6 Å². The van der Waals surface area contributed by atoms with E-state index in [9.17, 15) is 0 Å². The SMILES string of the molecule is Cc1ccc(C(=CC=Cc2ccc(N(C=C(c3ccccc3)c3ccccc3)c3ccoc3)cc2)c2ccc(C)cc2)cc1. The van der Waals surface area contributed by atoms with Crippen LogP contribution in [0.3, 0.4) is 0 Å². The summed E-state index contributed by atoms with van der Waals surface area (Å²) >= 11 is 0. The van der Waals surface area contributed by atoms with Crippen molar-refractivity contribution < 1.29 is 4.42 Å². The zero-order valence-electron chi connectivity index (χ0n) is 25.1. The van der Waals surface area contributed by atoms with Crippen molar-refractivity contribution in [2.24, 2.45) is 0 Å². The Bertz CT molecular complexity index is 1770. The third-order valence-corrected chi connectivity index (χ3v) is 7.66. The van der Waals surface area contributed by atoms with E-state index in [1.807, 2.05) is 18.2 Å². The van der Waals surface area contributed by atoms with Gasteiger partial charge in [0.2, 0.25) is 0 Å². The normalized spacial score (nSPS) is 10.9. The van der Waals surface area contributed by atoms with E-state index in [1.54, 1.807) is 12.5 Å². The van der Waals surface area contributed by atoms with Crippen LogP contribution in [0.25, 0.3) is 17.2 Å². The zero-order chi connectivity index (χ0) is 30.1. The second-order valence-electron chi connectivity index (χ2n) is 10.9. The molecule has 0 fully saturated rings. The van der Waals surface area contributed by atoms with Crippen molar-refractivity contribution in [2.75, 3.05) is 4.90 Å². The molecule has 0 aliphatic carbocycles. The second kappa shape index (κ2) is 13.6. The molecule has 6 rings (SSSR count). The predicted molar refractivity (Wildman–Crippen MR) is 186 cm³/mol. The van der Waals surface area contributed by atoms with Gasteiger partial charge in [-0.1, -0.05) is 151 Å². The third kappa shape index (κ3) is 6.88. The highest BCUT2D eigenvalue weighted by Gasteiger charge is 2.13. The van der Waals surface area contributed by atoms with Gasteiger partial charge in [0.25, 0.3) is 0 Å². The molecule has 6 aromatic rings. The Morgan fingerprint density at radius 1 is 0.523 bits per heavy atom. The summed E-state index contributed by atoms with van der Waals surface area (Å²) in [7, 11) is 0. The minimum Gasteiger partial charge on any atom is -0.470 e. The average Bonchev–Trinajstić information content (AvgIpc) is 3.61. The van der Waals surface area contributed by atoms with E-state index < -0.39 is 0 Å². The molecule has 44 heavy (non-hydrogen) atoms. The van der Waals surface area contributed by atoms with Crippen LogP contribution in [0.2, 0.25) is 0 Å². The average molecular weight is 570 g/mol. The first-order chi connectivity index (χ1) is 21.6. The van der Waals surface area contributed by atoms with Gasteiger partial charge in [-0.2, -0.15) is 0 Å². The van der Waals surface area contributed by atoms with E-state index in [2.05, 4.69) is 165 Å². The van der Waals surface area contributed by atoms with Gasteiger partial charge in [-0.3, -0.25) is 0 Å². The monoisotopic (exact) mass is 569 g/mol. The Hall–Kier alpha value is -5.60. The Morgan fingerprint density at radius 3 is 1.55 bits per heavy atom. The molecular weight excluding hydrogens is 534 g/mol. The molecule has 0 saturated heterocycles. The zero-order valence-corrected chi connectivity index (χ0v) is 25.1. The highest BCUT2D eigenvalue weighted by molar-refractivity contribution is 5.84. The minimum atomic E-state index is 0.960. The summed E-state index contributed by atoms with van der Waals surface area (Å²) < 4.78 is 5.51. The molecule has 0 aliphatic heterocycles. The molecule has 0 N–H and O–H groups in total. The van der Waals surface area contributed by atoms with E-state index in [4.69, 9.17) is 4.42 Å². The topological polar surface area (TPSA) is 16.4 Å². The highest BCUT2D eigenvalue weighted by Crippen LogP contribution is 2.32. The van der Waals surface area contributed by atoms with Gasteiger partial charge < -0.3 is 9.32 Å². The number of anilines is 2. The lowest BCUT2D eigenvalue weighted by atomic mass is 9.96. The fraction of sp³-hybridized carbons (Fsp3) is 0.0476. The standard InChI is InChI=1S/C42H35NO/c1-32-16-22-37(23-17-32)41(38-24-18-33(2)19-25-38)15-9-10-34-20-26-39(27-21-34)43(40-28-29-44-31-40)30-42(35-11-5-3-6-12-35)36-13-7-4-8-14-36/h3-31H,1-2H3. The van der Waals surface area contributed by atoms with Gasteiger partial charge in [0.1, 0.15) is 6.26 Å². The van der Waals surface area contributed by atoms with Gasteiger partial charge in [-0.25, -0.2) is 0 Å². The first-order valence-corrected chi connectivity index (χ1v) is 14.9. The molecule has 0 unspecified atom stereocenters. The fourth-order valence-corrected chi connectivity index (χ4v) is 5.20. The van der Waals surface area contributed by atoms with Gasteiger partial charge in [0, 0.05) is 23.5 Å². The molecule has 0 saturated carbocycles. The number of nitrogens with zero attached hydrogens (tertiary/aromatic N) is 1. The quantitative estimate of drug-likeness (QED) is 0.161. The molecule has 0 spiro atoms. The molecule has 5 aromatic carbocycles. The van der Waals surface area contributed by atoms with Crippen molar-refractivity contribution in [3.8, 4) is 0 Å². The minimum absolute atomic E-state index is 0.960. The summed E-state index contributed by atoms with van der Waals surface area (Å²) in [6.07, 6.45) is 12.2. The molecule has 1 aromatic heterocycles. The number of furan rings is 1. The molecule has 0 amide bonds. The number of hydrogen-bond donors (Lipinski definition) is 0. The number of benzene rings is 5. The van der Waals surface area contributed by atoms with Crippen molar-refractivity contribution in [3.63, 3.8) is 0 Å². The molecule has 2 heteroatoms. The number of hydrogen-bond acceptors (Lipinski definition) is 2. The lowest BCUT2D eigenvalue weighted by Gasteiger charge is -2.22. The van der Waals surface area contributed by atoms with Crippen LogP contribution >= 0.6 is 0 Å². The largest absolute Gasteiger partial charge is 0.470 e. The summed E-state index contributed by atoms with van der Waals surface area (Å²) in [5.74, 6) is 0. The van der Waals surface area contributed by atoms with Crippen LogP contribution in [-0.2, 0) is 0 Å². The predicted octanol–water partition coefficient (Wildman–Crippen LogP) is 11.3. The number of aryl methyl sites for hydroxylation is 2. The maximum atomic E-state index is 5.51. The molecule has 1 heterocycles. The van der Waals surface area contributed by atoms with Crippen molar-refractivity contribution in [3.05, 3.63) is 209 Å². The van der Waals surface area contributed by atoms with E-state index in [-0.39, 0.29) is 0 Å². The lowest BCUT2D eigenvalue weighted by molar-refractivity contribution is 0.567. The highest BCUT2D eigenvalue weighted by atomic mass is 16.3. The van der Waals surface area contributed by atoms with Crippen LogP contribution in [0.5, 0.6) is 0 Å². The van der Waals surface area contributed by atoms with Gasteiger partial charge in [-0.15, -0.1) is 0 Å². The van der Waals surface area contributed by atoms with Crippen molar-refractivity contribution in [2.45, 2.75) is 13.8 Å². The second-order valence-corrected chi connectivity index (χ2v) is 10.9. The van der Waals surface area contributed by atoms with Gasteiger partial charge >= 0.3 is 0 Å². The van der Waals surface area contributed by atoms with Gasteiger partial charge in [-0.05, 0) is 59.4 Å².